The van der Waals surface area contributed by atoms with Crippen molar-refractivity contribution in [3.05, 3.63) is 200 Å². The Morgan fingerprint density at radius 2 is 0.800 bits per heavy atom. The molecule has 4 aromatic rings. The van der Waals surface area contributed by atoms with Gasteiger partial charge < -0.3 is 9.80 Å². The molecular formula is C48H46N2. The average Bonchev–Trinajstić information content (AvgIpc) is 3.11. The summed E-state index contributed by atoms with van der Waals surface area (Å²) >= 11 is 0. The van der Waals surface area contributed by atoms with Gasteiger partial charge in [-0.3, -0.25) is 0 Å². The summed E-state index contributed by atoms with van der Waals surface area (Å²) < 4.78 is 0. The van der Waals surface area contributed by atoms with Crippen LogP contribution in [0, 0.1) is 67.2 Å². The lowest BCUT2D eigenvalue weighted by molar-refractivity contribution is 0.551. The Hall–Kier alpha value is -5.34. The van der Waals surface area contributed by atoms with E-state index < -0.39 is 0 Å². The Balaban J connectivity index is 1.29. The van der Waals surface area contributed by atoms with Gasteiger partial charge in [-0.05, 0) is 183 Å². The topological polar surface area (TPSA) is 6.48 Å². The zero-order valence-electron chi connectivity index (χ0n) is 30.6. The highest BCUT2D eigenvalue weighted by molar-refractivity contribution is 5.79. The zero-order valence-corrected chi connectivity index (χ0v) is 30.6. The molecule has 50 heavy (non-hydrogen) atoms. The minimum absolute atomic E-state index is 0.219. The van der Waals surface area contributed by atoms with E-state index in [1.807, 2.05) is 0 Å². The number of hydrogen-bond donors (Lipinski definition) is 0. The molecule has 0 fully saturated rings. The monoisotopic (exact) mass is 650 g/mol. The molecule has 2 heteroatoms. The lowest BCUT2D eigenvalue weighted by Gasteiger charge is -2.45. The van der Waals surface area contributed by atoms with Crippen LogP contribution in [-0.4, -0.2) is 0 Å². The van der Waals surface area contributed by atoms with E-state index in [0.717, 1.165) is 0 Å². The van der Waals surface area contributed by atoms with Crippen LogP contribution in [0.2, 0.25) is 0 Å². The van der Waals surface area contributed by atoms with Crippen molar-refractivity contribution < 1.29 is 0 Å². The number of hydrogen-bond acceptors (Lipinski definition) is 2. The summed E-state index contributed by atoms with van der Waals surface area (Å²) in [5.41, 5.74) is 23.2. The van der Waals surface area contributed by atoms with Crippen molar-refractivity contribution in [3.63, 3.8) is 0 Å². The molecule has 0 radical (unpaired) electrons. The molecule has 248 valence electrons. The van der Waals surface area contributed by atoms with Gasteiger partial charge in [-0.2, -0.15) is 0 Å². The second-order valence-electron chi connectivity index (χ2n) is 14.7. The van der Waals surface area contributed by atoms with Crippen molar-refractivity contribution in [1.29, 1.82) is 0 Å². The summed E-state index contributed by atoms with van der Waals surface area (Å²) in [5, 5.41) is 0. The molecular weight excluding hydrogens is 605 g/mol. The van der Waals surface area contributed by atoms with E-state index >= 15 is 0 Å². The summed E-state index contributed by atoms with van der Waals surface area (Å²) in [6.45, 7) is 17.6. The molecule has 0 bridgehead atoms. The maximum Gasteiger partial charge on any atom is 0.0500 e. The third kappa shape index (κ3) is 5.26. The standard InChI is InChI=1S/C48H46N2/c1-29-9-17-39(25-33(29)5)49(40-18-10-30(2)34(6)26-40)45-23-15-37-14-22-44-46(24-16-38-13-21-43(45)47(37)48(38)44)50(41-19-11-31(3)35(7)27-41)42-20-12-32(4)36(8)28-42/h9-28,47-48H,1-8H3. The van der Waals surface area contributed by atoms with Crippen molar-refractivity contribution in [2.24, 2.45) is 11.8 Å². The smallest absolute Gasteiger partial charge is 0.0500 e. The fraction of sp³-hybridized carbons (Fsp3) is 0.208. The third-order valence-electron chi connectivity index (χ3n) is 11.6. The summed E-state index contributed by atoms with van der Waals surface area (Å²) in [6.07, 6.45) is 18.9. The normalized spacial score (nSPS) is 18.6. The fourth-order valence-corrected chi connectivity index (χ4v) is 7.96. The lowest BCUT2D eigenvalue weighted by Crippen LogP contribution is -2.35. The van der Waals surface area contributed by atoms with Gasteiger partial charge in [-0.25, -0.2) is 0 Å². The maximum absolute atomic E-state index is 2.48. The summed E-state index contributed by atoms with van der Waals surface area (Å²) in [6, 6.07) is 27.5. The van der Waals surface area contributed by atoms with E-state index in [-0.39, 0.29) is 11.8 Å². The van der Waals surface area contributed by atoms with Crippen LogP contribution >= 0.6 is 0 Å². The van der Waals surface area contributed by atoms with Gasteiger partial charge in [-0.15, -0.1) is 0 Å². The van der Waals surface area contributed by atoms with Gasteiger partial charge in [0, 0.05) is 46.0 Å². The summed E-state index contributed by atoms with van der Waals surface area (Å²) in [4.78, 5) is 4.96. The predicted molar refractivity (Wildman–Crippen MR) is 213 cm³/mol. The van der Waals surface area contributed by atoms with Crippen LogP contribution in [-0.2, 0) is 0 Å². The summed E-state index contributed by atoms with van der Waals surface area (Å²) in [7, 11) is 0. The van der Waals surface area contributed by atoms with E-state index in [1.165, 1.54) is 101 Å². The molecule has 0 amide bonds. The number of benzene rings is 4. The molecule has 0 aliphatic heterocycles. The highest BCUT2D eigenvalue weighted by Crippen LogP contribution is 2.54. The first kappa shape index (κ1) is 31.9. The van der Waals surface area contributed by atoms with Gasteiger partial charge in [0.2, 0.25) is 0 Å². The Morgan fingerprint density at radius 1 is 0.380 bits per heavy atom. The average molecular weight is 651 g/mol. The Kier molecular flexibility index (Phi) is 7.79. The van der Waals surface area contributed by atoms with E-state index in [0.29, 0.717) is 0 Å². The minimum Gasteiger partial charge on any atom is -0.310 e. The number of nitrogens with zero attached hydrogens (tertiary/aromatic N) is 2. The predicted octanol–water partition coefficient (Wildman–Crippen LogP) is 12.4. The fourth-order valence-electron chi connectivity index (χ4n) is 7.96. The van der Waals surface area contributed by atoms with Crippen LogP contribution in [0.1, 0.15) is 44.5 Å². The molecule has 2 atom stereocenters. The van der Waals surface area contributed by atoms with Crippen molar-refractivity contribution >= 4 is 22.7 Å². The molecule has 0 aromatic heterocycles. The molecule has 2 unspecified atom stereocenters. The van der Waals surface area contributed by atoms with Crippen LogP contribution in [0.3, 0.4) is 0 Å². The summed E-state index contributed by atoms with van der Waals surface area (Å²) in [5.74, 6) is 0.439. The first-order valence-electron chi connectivity index (χ1n) is 17.9. The second-order valence-corrected chi connectivity index (χ2v) is 14.7. The number of allylic oxidation sites excluding steroid dienone is 12. The molecule has 0 heterocycles. The van der Waals surface area contributed by atoms with E-state index in [4.69, 9.17) is 0 Å². The van der Waals surface area contributed by atoms with Crippen molar-refractivity contribution in [2.75, 3.05) is 9.80 Å². The minimum atomic E-state index is 0.219. The first-order chi connectivity index (χ1) is 24.1. The molecule has 0 saturated carbocycles. The SMILES string of the molecule is Cc1ccc(N(C2=CC=C3C=CC4=C(N(c5ccc(C)c(C)c5)c5ccc(C)c(C)c5)C=CC5=CC=C2C3C54)c2ccc(C)c(C)c2)cc1C. The van der Waals surface area contributed by atoms with Gasteiger partial charge in [0.05, 0.1) is 0 Å². The highest BCUT2D eigenvalue weighted by Gasteiger charge is 2.42. The van der Waals surface area contributed by atoms with Crippen LogP contribution in [0.25, 0.3) is 0 Å². The molecule has 2 nitrogen and oxygen atoms in total. The van der Waals surface area contributed by atoms with Gasteiger partial charge in [0.15, 0.2) is 0 Å². The van der Waals surface area contributed by atoms with Crippen LogP contribution in [0.5, 0.6) is 0 Å². The van der Waals surface area contributed by atoms with Crippen molar-refractivity contribution in [1.82, 2.24) is 0 Å². The largest absolute Gasteiger partial charge is 0.310 e. The highest BCUT2D eigenvalue weighted by atomic mass is 15.2. The number of rotatable bonds is 6. The molecule has 4 aliphatic rings. The van der Waals surface area contributed by atoms with E-state index in [1.54, 1.807) is 0 Å². The van der Waals surface area contributed by atoms with E-state index in [2.05, 4.69) is 187 Å². The Labute approximate surface area is 298 Å². The molecule has 4 aromatic carbocycles. The quantitative estimate of drug-likeness (QED) is 0.205. The lowest BCUT2D eigenvalue weighted by atomic mass is 9.63. The maximum atomic E-state index is 2.48. The van der Waals surface area contributed by atoms with Crippen molar-refractivity contribution in [3.8, 4) is 0 Å². The van der Waals surface area contributed by atoms with Gasteiger partial charge in [0.25, 0.3) is 0 Å². The van der Waals surface area contributed by atoms with Crippen LogP contribution < -0.4 is 9.80 Å². The van der Waals surface area contributed by atoms with Gasteiger partial charge in [-0.1, -0.05) is 60.7 Å². The molecule has 0 saturated heterocycles. The van der Waals surface area contributed by atoms with E-state index in [9.17, 15) is 0 Å². The van der Waals surface area contributed by atoms with Crippen molar-refractivity contribution in [2.45, 2.75) is 55.4 Å². The Morgan fingerprint density at radius 3 is 1.28 bits per heavy atom. The van der Waals surface area contributed by atoms with Gasteiger partial charge in [0.1, 0.15) is 0 Å². The number of anilines is 4. The molecule has 0 N–H and O–H groups in total. The third-order valence-corrected chi connectivity index (χ3v) is 11.6. The molecule has 4 aliphatic carbocycles. The Bertz CT molecular complexity index is 2210. The van der Waals surface area contributed by atoms with Gasteiger partial charge >= 0.3 is 0 Å². The molecule has 8 rings (SSSR count). The second kappa shape index (κ2) is 12.2. The zero-order chi connectivity index (χ0) is 34.8. The number of aryl methyl sites for hydroxylation is 8. The van der Waals surface area contributed by atoms with Crippen LogP contribution in [0.4, 0.5) is 22.7 Å². The van der Waals surface area contributed by atoms with Crippen LogP contribution in [0.15, 0.2) is 155 Å². The first-order valence-corrected chi connectivity index (χ1v) is 17.9. The molecule has 0 spiro atoms.